The van der Waals surface area contributed by atoms with Crippen LogP contribution in [0.5, 0.6) is 0 Å². The third-order valence-corrected chi connectivity index (χ3v) is 3.02. The zero-order valence-corrected chi connectivity index (χ0v) is 9.47. The van der Waals surface area contributed by atoms with Crippen molar-refractivity contribution in [3.8, 4) is 0 Å². The Labute approximate surface area is 98.4 Å². The minimum absolute atomic E-state index is 0.0988. The molecule has 1 unspecified atom stereocenters. The standard InChI is InChI=1S/C12H12ClFO2/c13-10-6-8(1-2-11(10)14)5-9-7-16-4-3-12(9)15/h1-2,6,9H,3-5,7H2. The summed E-state index contributed by atoms with van der Waals surface area (Å²) < 4.78 is 18.2. The molecule has 1 aliphatic heterocycles. The average Bonchev–Trinajstić information content (AvgIpc) is 2.27. The highest BCUT2D eigenvalue weighted by molar-refractivity contribution is 6.30. The van der Waals surface area contributed by atoms with Crippen LogP contribution < -0.4 is 0 Å². The van der Waals surface area contributed by atoms with Gasteiger partial charge in [-0.05, 0) is 24.1 Å². The Bertz CT molecular complexity index is 406. The highest BCUT2D eigenvalue weighted by Gasteiger charge is 2.23. The third-order valence-electron chi connectivity index (χ3n) is 2.73. The molecule has 2 rings (SSSR count). The van der Waals surface area contributed by atoms with Gasteiger partial charge in [0.25, 0.3) is 0 Å². The Morgan fingerprint density at radius 2 is 2.31 bits per heavy atom. The number of ether oxygens (including phenoxy) is 1. The largest absolute Gasteiger partial charge is 0.380 e. The number of carbonyl (C=O) groups excluding carboxylic acids is 1. The van der Waals surface area contributed by atoms with E-state index >= 15 is 0 Å². The number of rotatable bonds is 2. The van der Waals surface area contributed by atoms with Crippen molar-refractivity contribution >= 4 is 17.4 Å². The summed E-state index contributed by atoms with van der Waals surface area (Å²) in [5.74, 6) is -0.335. The molecule has 1 atom stereocenters. The first-order valence-electron chi connectivity index (χ1n) is 5.21. The maximum atomic E-state index is 12.9. The van der Waals surface area contributed by atoms with Crippen molar-refractivity contribution in [3.05, 3.63) is 34.6 Å². The van der Waals surface area contributed by atoms with Gasteiger partial charge >= 0.3 is 0 Å². The summed E-state index contributed by atoms with van der Waals surface area (Å²) in [6, 6.07) is 4.55. The number of benzene rings is 1. The minimum atomic E-state index is -0.434. The Balaban J connectivity index is 2.08. The molecular formula is C12H12ClFO2. The van der Waals surface area contributed by atoms with Crippen molar-refractivity contribution in [1.29, 1.82) is 0 Å². The summed E-state index contributed by atoms with van der Waals surface area (Å²) in [5.41, 5.74) is 0.871. The molecule has 0 N–H and O–H groups in total. The van der Waals surface area contributed by atoms with Gasteiger partial charge in [0.15, 0.2) is 0 Å². The second-order valence-electron chi connectivity index (χ2n) is 3.94. The fraction of sp³-hybridized carbons (Fsp3) is 0.417. The molecule has 1 saturated heterocycles. The highest BCUT2D eigenvalue weighted by atomic mass is 35.5. The van der Waals surface area contributed by atoms with E-state index in [-0.39, 0.29) is 16.7 Å². The van der Waals surface area contributed by atoms with Crippen molar-refractivity contribution < 1.29 is 13.9 Å². The molecule has 1 aliphatic rings. The second kappa shape index (κ2) is 4.93. The predicted molar refractivity (Wildman–Crippen MR) is 59.0 cm³/mol. The maximum absolute atomic E-state index is 12.9. The summed E-state index contributed by atoms with van der Waals surface area (Å²) >= 11 is 5.68. The molecular weight excluding hydrogens is 231 g/mol. The molecule has 2 nitrogen and oxygen atoms in total. The molecule has 4 heteroatoms. The summed E-state index contributed by atoms with van der Waals surface area (Å²) in [6.07, 6.45) is 1.04. The monoisotopic (exact) mass is 242 g/mol. The number of hydrogen-bond donors (Lipinski definition) is 0. The van der Waals surface area contributed by atoms with E-state index in [1.165, 1.54) is 6.07 Å². The highest BCUT2D eigenvalue weighted by Crippen LogP contribution is 2.20. The SMILES string of the molecule is O=C1CCOCC1Cc1ccc(F)c(Cl)c1. The fourth-order valence-electron chi connectivity index (χ4n) is 1.82. The van der Waals surface area contributed by atoms with Crippen molar-refractivity contribution in [2.45, 2.75) is 12.8 Å². The van der Waals surface area contributed by atoms with E-state index < -0.39 is 5.82 Å². The van der Waals surface area contributed by atoms with Crippen LogP contribution >= 0.6 is 11.6 Å². The first-order valence-corrected chi connectivity index (χ1v) is 5.59. The fourth-order valence-corrected chi connectivity index (χ4v) is 2.02. The molecule has 0 bridgehead atoms. The van der Waals surface area contributed by atoms with Crippen LogP contribution in [0.2, 0.25) is 5.02 Å². The molecule has 1 aromatic rings. The van der Waals surface area contributed by atoms with Crippen molar-refractivity contribution in [3.63, 3.8) is 0 Å². The van der Waals surface area contributed by atoms with Gasteiger partial charge in [0, 0.05) is 12.3 Å². The van der Waals surface area contributed by atoms with Gasteiger partial charge in [-0.2, -0.15) is 0 Å². The van der Waals surface area contributed by atoms with E-state index in [0.717, 1.165) is 5.56 Å². The summed E-state index contributed by atoms with van der Waals surface area (Å²) in [5, 5.41) is 0.0988. The molecule has 86 valence electrons. The zero-order chi connectivity index (χ0) is 11.5. The molecule has 0 aromatic heterocycles. The Morgan fingerprint density at radius 1 is 1.50 bits per heavy atom. The van der Waals surface area contributed by atoms with Gasteiger partial charge in [-0.1, -0.05) is 17.7 Å². The van der Waals surface area contributed by atoms with Crippen LogP contribution in [0.25, 0.3) is 0 Å². The number of ketones is 1. The Hall–Kier alpha value is -0.930. The molecule has 16 heavy (non-hydrogen) atoms. The maximum Gasteiger partial charge on any atom is 0.141 e. The summed E-state index contributed by atoms with van der Waals surface area (Å²) in [7, 11) is 0. The normalized spacial score (nSPS) is 21.1. The van der Waals surface area contributed by atoms with Gasteiger partial charge in [0.05, 0.1) is 18.2 Å². The van der Waals surface area contributed by atoms with Crippen LogP contribution in [0.4, 0.5) is 4.39 Å². The molecule has 1 heterocycles. The summed E-state index contributed by atoms with van der Waals surface area (Å²) in [4.78, 5) is 11.6. The summed E-state index contributed by atoms with van der Waals surface area (Å²) in [6.45, 7) is 0.966. The lowest BCUT2D eigenvalue weighted by Gasteiger charge is -2.20. The number of halogens is 2. The van der Waals surface area contributed by atoms with Crippen LogP contribution in [0, 0.1) is 11.7 Å². The van der Waals surface area contributed by atoms with Crippen LogP contribution in [0.3, 0.4) is 0 Å². The van der Waals surface area contributed by atoms with E-state index in [1.807, 2.05) is 0 Å². The lowest BCUT2D eigenvalue weighted by Crippen LogP contribution is -2.29. The van der Waals surface area contributed by atoms with Crippen LogP contribution in [-0.2, 0) is 16.0 Å². The van der Waals surface area contributed by atoms with E-state index in [2.05, 4.69) is 0 Å². The lowest BCUT2D eigenvalue weighted by molar-refractivity contribution is -0.130. The quantitative estimate of drug-likeness (QED) is 0.797. The van der Waals surface area contributed by atoms with E-state index in [0.29, 0.717) is 26.1 Å². The van der Waals surface area contributed by atoms with Crippen LogP contribution in [0.1, 0.15) is 12.0 Å². The van der Waals surface area contributed by atoms with Crippen LogP contribution in [0.15, 0.2) is 18.2 Å². The van der Waals surface area contributed by atoms with E-state index in [9.17, 15) is 9.18 Å². The van der Waals surface area contributed by atoms with Gasteiger partial charge in [-0.3, -0.25) is 4.79 Å². The predicted octanol–water partition coefficient (Wildman–Crippen LogP) is 2.63. The number of Topliss-reactive ketones (excluding diaryl/α,β-unsaturated/α-hetero) is 1. The molecule has 0 amide bonds. The van der Waals surface area contributed by atoms with Crippen molar-refractivity contribution in [2.75, 3.05) is 13.2 Å². The lowest BCUT2D eigenvalue weighted by atomic mass is 9.93. The number of carbonyl (C=O) groups is 1. The minimum Gasteiger partial charge on any atom is -0.380 e. The molecule has 1 fully saturated rings. The zero-order valence-electron chi connectivity index (χ0n) is 8.71. The van der Waals surface area contributed by atoms with Gasteiger partial charge < -0.3 is 4.74 Å². The first-order chi connectivity index (χ1) is 7.66. The molecule has 0 aliphatic carbocycles. The first kappa shape index (κ1) is 11.6. The second-order valence-corrected chi connectivity index (χ2v) is 4.35. The van der Waals surface area contributed by atoms with Gasteiger partial charge in [0.2, 0.25) is 0 Å². The molecule has 0 radical (unpaired) electrons. The van der Waals surface area contributed by atoms with E-state index in [4.69, 9.17) is 16.3 Å². The average molecular weight is 243 g/mol. The number of hydrogen-bond acceptors (Lipinski definition) is 2. The van der Waals surface area contributed by atoms with Crippen molar-refractivity contribution in [1.82, 2.24) is 0 Å². The molecule has 1 aromatic carbocycles. The molecule has 0 saturated carbocycles. The van der Waals surface area contributed by atoms with Gasteiger partial charge in [0.1, 0.15) is 11.6 Å². The smallest absolute Gasteiger partial charge is 0.141 e. The molecule has 0 spiro atoms. The van der Waals surface area contributed by atoms with Gasteiger partial charge in [-0.25, -0.2) is 4.39 Å². The third kappa shape index (κ3) is 2.60. The Morgan fingerprint density at radius 3 is 3.00 bits per heavy atom. The topological polar surface area (TPSA) is 26.3 Å². The van der Waals surface area contributed by atoms with Crippen molar-refractivity contribution in [2.24, 2.45) is 5.92 Å². The van der Waals surface area contributed by atoms with E-state index in [1.54, 1.807) is 12.1 Å². The Kier molecular flexibility index (Phi) is 3.56. The van der Waals surface area contributed by atoms with Gasteiger partial charge in [-0.15, -0.1) is 0 Å². The van der Waals surface area contributed by atoms with Crippen LogP contribution in [-0.4, -0.2) is 19.0 Å².